The number of nitrogens with zero attached hydrogens (tertiary/aromatic N) is 4. The molecule has 0 spiro atoms. The number of carbonyl (C=O) groups is 1. The molecule has 0 aromatic carbocycles. The number of carbonyl (C=O) groups excluding carboxylic acids is 1. The fourth-order valence-electron chi connectivity index (χ4n) is 3.39. The number of hydrogen-bond acceptors (Lipinski definition) is 7. The molecule has 0 amide bonds. The van der Waals surface area contributed by atoms with Crippen LogP contribution in [0, 0.1) is 5.92 Å². The van der Waals surface area contributed by atoms with E-state index in [9.17, 15) is 4.79 Å². The number of nitrogens with two attached hydrogens (primary N) is 1. The van der Waals surface area contributed by atoms with Gasteiger partial charge in [0.2, 0.25) is 0 Å². The van der Waals surface area contributed by atoms with Gasteiger partial charge in [0.05, 0.1) is 18.5 Å². The second-order valence-electron chi connectivity index (χ2n) is 6.76. The maximum atomic E-state index is 12.4. The van der Waals surface area contributed by atoms with E-state index >= 15 is 0 Å². The average Bonchev–Trinajstić information content (AvgIpc) is 3.23. The van der Waals surface area contributed by atoms with Gasteiger partial charge in [-0.1, -0.05) is 6.92 Å². The molecule has 3 aromatic heterocycles. The van der Waals surface area contributed by atoms with Crippen LogP contribution in [0.1, 0.15) is 40.6 Å². The zero-order valence-electron chi connectivity index (χ0n) is 14.6. The monoisotopic (exact) mass is 371 g/mol. The molecular formula is C18H21N5O2S. The predicted octanol–water partition coefficient (Wildman–Crippen LogP) is 2.84. The molecule has 0 saturated heterocycles. The number of rotatable bonds is 5. The van der Waals surface area contributed by atoms with Gasteiger partial charge in [-0.15, -0.1) is 11.3 Å². The number of fused-ring (bicyclic) bond motifs is 2. The molecule has 0 saturated carbocycles. The standard InChI is InChI=1S/C18H21N5O2S/c1-11-3-4-12-13(8-26-14(12)7-11)18(24)25-6-2-5-23-10-22-15-16(19)20-9-21-17(15)23/h8-11H,2-7H2,1H3,(H2,19,20,21). The first-order chi connectivity index (χ1) is 12.6. The van der Waals surface area contributed by atoms with Crippen LogP contribution in [0.15, 0.2) is 18.0 Å². The molecule has 3 heterocycles. The molecule has 1 aliphatic rings. The van der Waals surface area contributed by atoms with Crippen LogP contribution in [0.5, 0.6) is 0 Å². The van der Waals surface area contributed by atoms with E-state index in [-0.39, 0.29) is 5.97 Å². The van der Waals surface area contributed by atoms with Gasteiger partial charge >= 0.3 is 5.97 Å². The van der Waals surface area contributed by atoms with Crippen LogP contribution in [0.25, 0.3) is 11.2 Å². The molecule has 1 atom stereocenters. The van der Waals surface area contributed by atoms with Gasteiger partial charge in [-0.05, 0) is 37.2 Å². The van der Waals surface area contributed by atoms with E-state index in [4.69, 9.17) is 10.5 Å². The van der Waals surface area contributed by atoms with Crippen molar-refractivity contribution < 1.29 is 9.53 Å². The van der Waals surface area contributed by atoms with Gasteiger partial charge in [0.15, 0.2) is 11.5 Å². The van der Waals surface area contributed by atoms with Crippen molar-refractivity contribution in [1.82, 2.24) is 19.5 Å². The minimum absolute atomic E-state index is 0.209. The highest BCUT2D eigenvalue weighted by Crippen LogP contribution is 2.33. The minimum atomic E-state index is -0.209. The highest BCUT2D eigenvalue weighted by atomic mass is 32.1. The van der Waals surface area contributed by atoms with Gasteiger partial charge in [0.25, 0.3) is 0 Å². The Morgan fingerprint density at radius 3 is 3.19 bits per heavy atom. The Morgan fingerprint density at radius 2 is 2.31 bits per heavy atom. The predicted molar refractivity (Wildman–Crippen MR) is 100 cm³/mol. The number of imidazole rings is 1. The molecule has 1 unspecified atom stereocenters. The lowest BCUT2D eigenvalue weighted by Gasteiger charge is -2.18. The highest BCUT2D eigenvalue weighted by molar-refractivity contribution is 7.10. The van der Waals surface area contributed by atoms with Crippen molar-refractivity contribution in [1.29, 1.82) is 0 Å². The quantitative estimate of drug-likeness (QED) is 0.547. The fourth-order valence-corrected chi connectivity index (χ4v) is 4.62. The maximum absolute atomic E-state index is 12.4. The summed E-state index contributed by atoms with van der Waals surface area (Å²) < 4.78 is 7.39. The lowest BCUT2D eigenvalue weighted by atomic mass is 9.88. The molecule has 3 aromatic rings. The molecule has 0 bridgehead atoms. The Morgan fingerprint density at radius 1 is 1.42 bits per heavy atom. The number of aryl methyl sites for hydroxylation is 1. The highest BCUT2D eigenvalue weighted by Gasteiger charge is 2.23. The van der Waals surface area contributed by atoms with Crippen molar-refractivity contribution in [2.75, 3.05) is 12.3 Å². The van der Waals surface area contributed by atoms with Crippen LogP contribution in [0.4, 0.5) is 5.82 Å². The molecule has 26 heavy (non-hydrogen) atoms. The molecule has 8 heteroatoms. The molecule has 2 N–H and O–H groups in total. The molecule has 1 aliphatic carbocycles. The topological polar surface area (TPSA) is 95.9 Å². The molecule has 4 rings (SSSR count). The van der Waals surface area contributed by atoms with Crippen LogP contribution in [0.3, 0.4) is 0 Å². The first-order valence-electron chi connectivity index (χ1n) is 8.81. The van der Waals surface area contributed by atoms with Gasteiger partial charge in [-0.3, -0.25) is 0 Å². The van der Waals surface area contributed by atoms with Crippen molar-refractivity contribution in [3.63, 3.8) is 0 Å². The largest absolute Gasteiger partial charge is 0.462 e. The second-order valence-corrected chi connectivity index (χ2v) is 7.72. The summed E-state index contributed by atoms with van der Waals surface area (Å²) in [5.41, 5.74) is 9.04. The summed E-state index contributed by atoms with van der Waals surface area (Å²) in [6.07, 6.45) is 7.00. The summed E-state index contributed by atoms with van der Waals surface area (Å²) in [4.78, 5) is 26.1. The maximum Gasteiger partial charge on any atom is 0.339 e. The Balaban J connectivity index is 1.34. The molecule has 0 aliphatic heterocycles. The number of ether oxygens (including phenoxy) is 1. The van der Waals surface area contributed by atoms with E-state index in [1.54, 1.807) is 17.7 Å². The Bertz CT molecular complexity index is 948. The fraction of sp³-hybridized carbons (Fsp3) is 0.444. The van der Waals surface area contributed by atoms with Crippen molar-refractivity contribution in [2.24, 2.45) is 5.92 Å². The lowest BCUT2D eigenvalue weighted by Crippen LogP contribution is -2.14. The number of esters is 1. The number of hydrogen-bond donors (Lipinski definition) is 1. The summed E-state index contributed by atoms with van der Waals surface area (Å²) in [5.74, 6) is 0.865. The third kappa shape index (κ3) is 3.16. The smallest absolute Gasteiger partial charge is 0.339 e. The van der Waals surface area contributed by atoms with Gasteiger partial charge in [-0.2, -0.15) is 0 Å². The van der Waals surface area contributed by atoms with E-state index in [1.165, 1.54) is 16.8 Å². The number of anilines is 1. The van der Waals surface area contributed by atoms with Crippen LogP contribution in [0.2, 0.25) is 0 Å². The molecule has 7 nitrogen and oxygen atoms in total. The Labute approximate surface area is 155 Å². The zero-order chi connectivity index (χ0) is 18.1. The Hall–Kier alpha value is -2.48. The van der Waals surface area contributed by atoms with E-state index in [1.807, 2.05) is 9.95 Å². The number of nitrogen functional groups attached to an aromatic ring is 1. The van der Waals surface area contributed by atoms with Crippen LogP contribution < -0.4 is 5.73 Å². The molecular weight excluding hydrogens is 350 g/mol. The van der Waals surface area contributed by atoms with Crippen LogP contribution >= 0.6 is 11.3 Å². The number of aromatic nitrogens is 4. The number of thiophene rings is 1. The van der Waals surface area contributed by atoms with Crippen molar-refractivity contribution in [3.8, 4) is 0 Å². The van der Waals surface area contributed by atoms with Crippen molar-refractivity contribution in [3.05, 3.63) is 34.0 Å². The van der Waals surface area contributed by atoms with Gasteiger partial charge in [-0.25, -0.2) is 19.7 Å². The van der Waals surface area contributed by atoms with Gasteiger partial charge < -0.3 is 15.0 Å². The van der Waals surface area contributed by atoms with E-state index in [0.717, 1.165) is 24.8 Å². The summed E-state index contributed by atoms with van der Waals surface area (Å²) >= 11 is 1.68. The van der Waals surface area contributed by atoms with E-state index < -0.39 is 0 Å². The first kappa shape index (κ1) is 17.0. The third-order valence-corrected chi connectivity index (χ3v) is 5.88. The van der Waals surface area contributed by atoms with Crippen LogP contribution in [-0.4, -0.2) is 32.1 Å². The van der Waals surface area contributed by atoms with Crippen molar-refractivity contribution in [2.45, 2.75) is 39.2 Å². The van der Waals surface area contributed by atoms with Crippen LogP contribution in [-0.2, 0) is 24.1 Å². The minimum Gasteiger partial charge on any atom is -0.462 e. The average molecular weight is 371 g/mol. The van der Waals surface area contributed by atoms with Gasteiger partial charge in [0, 0.05) is 16.8 Å². The van der Waals surface area contributed by atoms with Crippen molar-refractivity contribution >= 4 is 34.3 Å². The van der Waals surface area contributed by atoms with E-state index in [0.29, 0.717) is 42.5 Å². The Kier molecular flexibility index (Phi) is 4.58. The second kappa shape index (κ2) is 7.03. The summed E-state index contributed by atoms with van der Waals surface area (Å²) in [6, 6.07) is 0. The molecule has 0 radical (unpaired) electrons. The SMILES string of the molecule is CC1CCc2c(C(=O)OCCCn3cnc4c(N)ncnc43)csc2C1. The normalized spacial score (nSPS) is 16.6. The summed E-state index contributed by atoms with van der Waals surface area (Å²) in [5, 5.41) is 1.95. The molecule has 136 valence electrons. The first-order valence-corrected chi connectivity index (χ1v) is 9.69. The summed E-state index contributed by atoms with van der Waals surface area (Å²) in [7, 11) is 0. The van der Waals surface area contributed by atoms with E-state index in [2.05, 4.69) is 21.9 Å². The third-order valence-electron chi connectivity index (χ3n) is 4.83. The molecule has 0 fully saturated rings. The van der Waals surface area contributed by atoms with Gasteiger partial charge in [0.1, 0.15) is 11.8 Å². The lowest BCUT2D eigenvalue weighted by molar-refractivity contribution is 0.0495. The zero-order valence-corrected chi connectivity index (χ0v) is 15.5. The summed E-state index contributed by atoms with van der Waals surface area (Å²) in [6.45, 7) is 3.28.